The summed E-state index contributed by atoms with van der Waals surface area (Å²) in [6.07, 6.45) is 1.45. The lowest BCUT2D eigenvalue weighted by molar-refractivity contribution is 0.0233. The van der Waals surface area contributed by atoms with Crippen LogP contribution in [-0.4, -0.2) is 93.7 Å². The van der Waals surface area contributed by atoms with Crippen LogP contribution in [0.1, 0.15) is 38.4 Å². The predicted molar refractivity (Wildman–Crippen MR) is 158 cm³/mol. The molecule has 0 radical (unpaired) electrons. The van der Waals surface area contributed by atoms with Gasteiger partial charge in [-0.1, -0.05) is 11.6 Å². The van der Waals surface area contributed by atoms with E-state index in [2.05, 4.69) is 43.2 Å². The molecule has 0 bridgehead atoms. The van der Waals surface area contributed by atoms with E-state index in [4.69, 9.17) is 16.3 Å². The van der Waals surface area contributed by atoms with Gasteiger partial charge in [-0.05, 0) is 46.4 Å². The summed E-state index contributed by atoms with van der Waals surface area (Å²) in [5.41, 5.74) is 1.06. The summed E-state index contributed by atoms with van der Waals surface area (Å²) < 4.78 is 6.23. The number of nitriles is 2. The molecule has 1 aliphatic heterocycles. The molecule has 222 valence electrons. The van der Waals surface area contributed by atoms with Crippen LogP contribution in [0.2, 0.25) is 5.02 Å². The highest BCUT2D eigenvalue weighted by Crippen LogP contribution is 2.37. The lowest BCUT2D eigenvalue weighted by atomic mass is 9.95. The topological polar surface area (TPSA) is 180 Å². The summed E-state index contributed by atoms with van der Waals surface area (Å²) in [5.74, 6) is 0.585. The molecule has 0 aliphatic carbocycles. The third-order valence-electron chi connectivity index (χ3n) is 6.86. The number of likely N-dealkylation sites (N-methyl/N-ethyl adjacent to an activating group) is 1. The number of amides is 1. The number of aromatic nitrogens is 4. The fourth-order valence-corrected chi connectivity index (χ4v) is 5.39. The number of nitrogens with one attached hydrogen (secondary N) is 3. The van der Waals surface area contributed by atoms with Crippen molar-refractivity contribution in [2.24, 2.45) is 0 Å². The first-order valence-corrected chi connectivity index (χ1v) is 13.8. The zero-order chi connectivity index (χ0) is 30.6. The number of alkyl carbamates (subject to hydrolysis) is 1. The SMILES string of the molecule is CCNc1nc(Nc2cc(C#N)cc(N3CC[C@@H](NC(=O)OC)[C@H](N(C)CC(C)(C)O)C3)c2Cl)nn2c(C#N)cnc12. The number of aliphatic hydroxyl groups is 1. The highest BCUT2D eigenvalue weighted by Gasteiger charge is 2.36. The summed E-state index contributed by atoms with van der Waals surface area (Å²) in [4.78, 5) is 24.9. The number of methoxy groups -OCH3 is 1. The molecular formula is C27H34ClN11O3. The molecule has 42 heavy (non-hydrogen) atoms. The van der Waals surface area contributed by atoms with Crippen LogP contribution in [0.15, 0.2) is 18.3 Å². The second-order valence-corrected chi connectivity index (χ2v) is 11.0. The Morgan fingerprint density at radius 2 is 2.10 bits per heavy atom. The van der Waals surface area contributed by atoms with Crippen LogP contribution < -0.4 is 20.9 Å². The van der Waals surface area contributed by atoms with Crippen LogP contribution in [0.25, 0.3) is 5.65 Å². The Balaban J connectivity index is 1.70. The van der Waals surface area contributed by atoms with Gasteiger partial charge in [-0.15, -0.1) is 5.10 Å². The molecule has 0 spiro atoms. The number of imidazole rings is 1. The molecule has 1 saturated heterocycles. The van der Waals surface area contributed by atoms with E-state index in [9.17, 15) is 20.4 Å². The van der Waals surface area contributed by atoms with Gasteiger partial charge < -0.3 is 30.7 Å². The van der Waals surface area contributed by atoms with Gasteiger partial charge in [0.05, 0.1) is 53.0 Å². The first kappa shape index (κ1) is 30.6. The fraction of sp³-hybridized carbons (Fsp3) is 0.481. The zero-order valence-corrected chi connectivity index (χ0v) is 24.9. The quantitative estimate of drug-likeness (QED) is 0.284. The van der Waals surface area contributed by atoms with Crippen LogP contribution in [0, 0.1) is 22.7 Å². The maximum absolute atomic E-state index is 12.1. The Hall–Kier alpha value is -4.37. The molecule has 1 amide bonds. The minimum absolute atomic E-state index is 0.152. The molecule has 3 aromatic rings. The van der Waals surface area contributed by atoms with Gasteiger partial charge in [-0.3, -0.25) is 4.90 Å². The minimum atomic E-state index is -0.963. The third kappa shape index (κ3) is 6.74. The van der Waals surface area contributed by atoms with Crippen LogP contribution in [0.5, 0.6) is 0 Å². The van der Waals surface area contributed by atoms with E-state index < -0.39 is 11.7 Å². The number of nitrogens with zero attached hydrogens (tertiary/aromatic N) is 8. The number of carbonyl (C=O) groups is 1. The number of rotatable bonds is 9. The molecule has 15 heteroatoms. The molecule has 2 atom stereocenters. The highest BCUT2D eigenvalue weighted by molar-refractivity contribution is 6.36. The fourth-order valence-electron chi connectivity index (χ4n) is 5.12. The first-order valence-electron chi connectivity index (χ1n) is 13.4. The average molecular weight is 596 g/mol. The number of fused-ring (bicyclic) bond motifs is 1. The summed E-state index contributed by atoms with van der Waals surface area (Å²) in [7, 11) is 3.21. The third-order valence-corrected chi connectivity index (χ3v) is 7.26. The lowest BCUT2D eigenvalue weighted by Gasteiger charge is -2.45. The van der Waals surface area contributed by atoms with Gasteiger partial charge in [0, 0.05) is 32.2 Å². The Bertz CT molecular complexity index is 1540. The first-order chi connectivity index (χ1) is 20.0. The van der Waals surface area contributed by atoms with E-state index in [1.807, 2.05) is 23.8 Å². The Morgan fingerprint density at radius 1 is 1.33 bits per heavy atom. The van der Waals surface area contributed by atoms with Crippen molar-refractivity contribution in [3.05, 3.63) is 34.6 Å². The van der Waals surface area contributed by atoms with E-state index in [0.717, 1.165) is 0 Å². The monoisotopic (exact) mass is 595 g/mol. The maximum atomic E-state index is 12.1. The van der Waals surface area contributed by atoms with Crippen LogP contribution in [0.3, 0.4) is 0 Å². The van der Waals surface area contributed by atoms with E-state index in [1.54, 1.807) is 26.0 Å². The van der Waals surface area contributed by atoms with Gasteiger partial charge in [0.25, 0.3) is 0 Å². The second kappa shape index (κ2) is 12.7. The Labute approximate surface area is 248 Å². The molecule has 1 fully saturated rings. The van der Waals surface area contributed by atoms with Gasteiger partial charge in [-0.2, -0.15) is 20.0 Å². The van der Waals surface area contributed by atoms with E-state index in [0.29, 0.717) is 66.0 Å². The summed E-state index contributed by atoms with van der Waals surface area (Å²) >= 11 is 6.95. The number of piperidine rings is 1. The van der Waals surface area contributed by atoms with Gasteiger partial charge >= 0.3 is 6.09 Å². The number of carbonyl (C=O) groups excluding carboxylic acids is 1. The Morgan fingerprint density at radius 3 is 2.74 bits per heavy atom. The molecule has 0 saturated carbocycles. The lowest BCUT2D eigenvalue weighted by Crippen LogP contribution is -2.61. The standard InChI is InChI=1S/C27H34ClN11O3/c1-6-31-23-24-32-13-17(12-30)39(24)36-25(35-23)33-19-9-16(11-29)10-20(22(19)28)38-8-7-18(34-26(40)42-5)21(14-38)37(4)15-27(2,3)41/h9-10,13,18,21,41H,6-8,14-15H2,1-5H3,(H,34,40)(H2,31,33,35,36)/t18-,21-/m1/s1. The normalized spacial score (nSPS) is 17.0. The van der Waals surface area contributed by atoms with Crippen molar-refractivity contribution in [1.29, 1.82) is 10.5 Å². The molecule has 3 heterocycles. The summed E-state index contributed by atoms with van der Waals surface area (Å²) in [6.45, 7) is 7.27. The van der Waals surface area contributed by atoms with E-state index in [-0.39, 0.29) is 23.7 Å². The highest BCUT2D eigenvalue weighted by atomic mass is 35.5. The van der Waals surface area contributed by atoms with Crippen molar-refractivity contribution in [1.82, 2.24) is 29.8 Å². The summed E-state index contributed by atoms with van der Waals surface area (Å²) in [5, 5.41) is 43.8. The molecular weight excluding hydrogens is 562 g/mol. The maximum Gasteiger partial charge on any atom is 0.407 e. The molecule has 4 N–H and O–H groups in total. The average Bonchev–Trinajstić information content (AvgIpc) is 3.37. The number of anilines is 4. The van der Waals surface area contributed by atoms with Crippen molar-refractivity contribution in [2.45, 2.75) is 44.9 Å². The smallest absolute Gasteiger partial charge is 0.407 e. The molecule has 2 aromatic heterocycles. The predicted octanol–water partition coefficient (Wildman–Crippen LogP) is 2.70. The van der Waals surface area contributed by atoms with Gasteiger partial charge in [0.15, 0.2) is 17.2 Å². The molecule has 14 nitrogen and oxygen atoms in total. The summed E-state index contributed by atoms with van der Waals surface area (Å²) in [6, 6.07) is 7.12. The van der Waals surface area contributed by atoms with Crippen molar-refractivity contribution in [2.75, 3.05) is 55.9 Å². The number of halogens is 1. The van der Waals surface area contributed by atoms with Crippen LogP contribution in [-0.2, 0) is 4.74 Å². The van der Waals surface area contributed by atoms with Crippen molar-refractivity contribution >= 4 is 46.5 Å². The molecule has 1 aliphatic rings. The number of benzene rings is 1. The zero-order valence-electron chi connectivity index (χ0n) is 24.1. The van der Waals surface area contributed by atoms with Gasteiger partial charge in [0.1, 0.15) is 6.07 Å². The second-order valence-electron chi connectivity index (χ2n) is 10.7. The number of hydrogen-bond acceptors (Lipinski definition) is 12. The van der Waals surface area contributed by atoms with Crippen molar-refractivity contribution in [3.8, 4) is 12.1 Å². The molecule has 1 aromatic carbocycles. The minimum Gasteiger partial charge on any atom is -0.453 e. The molecule has 4 rings (SSSR count). The van der Waals surface area contributed by atoms with Gasteiger partial charge in [-0.25, -0.2) is 9.78 Å². The van der Waals surface area contributed by atoms with Crippen molar-refractivity contribution in [3.63, 3.8) is 0 Å². The molecule has 0 unspecified atom stereocenters. The Kier molecular flexibility index (Phi) is 9.21. The van der Waals surface area contributed by atoms with Crippen molar-refractivity contribution < 1.29 is 14.6 Å². The van der Waals surface area contributed by atoms with Crippen LogP contribution in [0.4, 0.5) is 27.9 Å². The number of ether oxygens (including phenoxy) is 1. The van der Waals surface area contributed by atoms with Gasteiger partial charge in [0.2, 0.25) is 5.95 Å². The largest absolute Gasteiger partial charge is 0.453 e. The van der Waals surface area contributed by atoms with E-state index >= 15 is 0 Å². The van der Waals surface area contributed by atoms with E-state index in [1.165, 1.54) is 17.8 Å². The van der Waals surface area contributed by atoms with Crippen LogP contribution >= 0.6 is 11.6 Å². The number of hydrogen-bond donors (Lipinski definition) is 4.